The molecule has 0 atom stereocenters. The Bertz CT molecular complexity index is 837. The number of H-pyrrole nitrogens is 1. The zero-order valence-corrected chi connectivity index (χ0v) is 12.7. The van der Waals surface area contributed by atoms with Crippen LogP contribution < -0.4 is 5.32 Å². The number of carbonyl (C=O) groups is 1. The molecule has 0 amide bonds. The van der Waals surface area contributed by atoms with Crippen LogP contribution in [0.3, 0.4) is 0 Å². The molecule has 0 saturated heterocycles. The molecular formula is C14H13ClN6O. The summed E-state index contributed by atoms with van der Waals surface area (Å²) in [6.45, 7) is 3.63. The zero-order chi connectivity index (χ0) is 15.7. The zero-order valence-electron chi connectivity index (χ0n) is 12.0. The first-order valence-electron chi connectivity index (χ1n) is 6.56. The van der Waals surface area contributed by atoms with Crippen LogP contribution >= 0.6 is 11.6 Å². The summed E-state index contributed by atoms with van der Waals surface area (Å²) in [5.74, 6) is -0.0382. The highest BCUT2D eigenvalue weighted by molar-refractivity contribution is 6.30. The standard InChI is InChI=1S/C14H13ClN6O/c1-8-6-9(2)21(19-8)14(22)12-13(18-20-17-12)16-11-5-3-4-10(15)7-11/h3-7H,1-2H3,(H2,16,17,18,20). The van der Waals surface area contributed by atoms with E-state index < -0.39 is 0 Å². The van der Waals surface area contributed by atoms with Gasteiger partial charge in [-0.3, -0.25) is 4.79 Å². The molecule has 0 spiro atoms. The van der Waals surface area contributed by atoms with Gasteiger partial charge in [0.2, 0.25) is 0 Å². The van der Waals surface area contributed by atoms with Gasteiger partial charge in [-0.25, -0.2) is 0 Å². The van der Waals surface area contributed by atoms with Crippen molar-refractivity contribution in [1.29, 1.82) is 0 Å². The fraction of sp³-hybridized carbons (Fsp3) is 0.143. The molecule has 3 aromatic rings. The Morgan fingerprint density at radius 1 is 1.27 bits per heavy atom. The maximum Gasteiger partial charge on any atom is 0.302 e. The SMILES string of the molecule is Cc1cc(C)n(C(=O)c2n[nH]nc2Nc2cccc(Cl)c2)n1. The quantitative estimate of drug-likeness (QED) is 0.775. The monoisotopic (exact) mass is 316 g/mol. The van der Waals surface area contributed by atoms with Crippen LogP contribution in [-0.2, 0) is 0 Å². The molecule has 22 heavy (non-hydrogen) atoms. The molecule has 8 heteroatoms. The lowest BCUT2D eigenvalue weighted by atomic mass is 10.3. The van der Waals surface area contributed by atoms with Crippen LogP contribution in [0.2, 0.25) is 5.02 Å². The summed E-state index contributed by atoms with van der Waals surface area (Å²) in [4.78, 5) is 12.5. The molecule has 0 radical (unpaired) electrons. The van der Waals surface area contributed by atoms with Gasteiger partial charge < -0.3 is 5.32 Å². The van der Waals surface area contributed by atoms with Gasteiger partial charge in [0.05, 0.1) is 5.69 Å². The van der Waals surface area contributed by atoms with E-state index in [2.05, 4.69) is 25.8 Å². The van der Waals surface area contributed by atoms with Gasteiger partial charge >= 0.3 is 5.91 Å². The number of carbonyl (C=O) groups excluding carboxylic acids is 1. The maximum absolute atomic E-state index is 12.5. The van der Waals surface area contributed by atoms with Gasteiger partial charge in [0.25, 0.3) is 0 Å². The average molecular weight is 317 g/mol. The number of nitrogens with zero attached hydrogens (tertiary/aromatic N) is 4. The number of aryl methyl sites for hydroxylation is 2. The van der Waals surface area contributed by atoms with Crippen LogP contribution in [0, 0.1) is 13.8 Å². The molecule has 0 aliphatic rings. The second-order valence-electron chi connectivity index (χ2n) is 4.80. The molecule has 0 saturated carbocycles. The van der Waals surface area contributed by atoms with Crippen molar-refractivity contribution in [2.75, 3.05) is 5.32 Å². The smallest absolute Gasteiger partial charge is 0.302 e. The van der Waals surface area contributed by atoms with Gasteiger partial charge in [-0.05, 0) is 38.1 Å². The summed E-state index contributed by atoms with van der Waals surface area (Å²) in [5.41, 5.74) is 2.37. The fourth-order valence-electron chi connectivity index (χ4n) is 2.10. The molecular weight excluding hydrogens is 304 g/mol. The lowest BCUT2D eigenvalue weighted by Crippen LogP contribution is -2.17. The Morgan fingerprint density at radius 2 is 2.09 bits per heavy atom. The van der Waals surface area contributed by atoms with E-state index in [9.17, 15) is 4.79 Å². The molecule has 0 aliphatic heterocycles. The van der Waals surface area contributed by atoms with Crippen molar-refractivity contribution in [1.82, 2.24) is 25.2 Å². The number of anilines is 2. The number of rotatable bonds is 3. The Balaban J connectivity index is 1.92. The second kappa shape index (κ2) is 5.61. The van der Waals surface area contributed by atoms with Crippen LogP contribution in [0.1, 0.15) is 21.9 Å². The number of aromatic amines is 1. The minimum absolute atomic E-state index is 0.158. The average Bonchev–Trinajstić information content (AvgIpc) is 3.04. The highest BCUT2D eigenvalue weighted by Gasteiger charge is 2.21. The molecule has 2 N–H and O–H groups in total. The number of nitrogens with one attached hydrogen (secondary N) is 2. The normalized spacial score (nSPS) is 10.7. The largest absolute Gasteiger partial charge is 0.337 e. The number of hydrogen-bond acceptors (Lipinski definition) is 5. The van der Waals surface area contributed by atoms with E-state index in [1.807, 2.05) is 26.0 Å². The van der Waals surface area contributed by atoms with Crippen molar-refractivity contribution in [3.63, 3.8) is 0 Å². The van der Waals surface area contributed by atoms with Crippen LogP contribution in [0.15, 0.2) is 30.3 Å². The lowest BCUT2D eigenvalue weighted by molar-refractivity contribution is 0.0938. The summed E-state index contributed by atoms with van der Waals surface area (Å²) in [6.07, 6.45) is 0. The van der Waals surface area contributed by atoms with Crippen molar-refractivity contribution in [3.8, 4) is 0 Å². The predicted molar refractivity (Wildman–Crippen MR) is 82.5 cm³/mol. The minimum atomic E-state index is -0.358. The van der Waals surface area contributed by atoms with E-state index in [0.717, 1.165) is 11.4 Å². The summed E-state index contributed by atoms with van der Waals surface area (Å²) in [7, 11) is 0. The van der Waals surface area contributed by atoms with Gasteiger partial charge in [0.15, 0.2) is 11.5 Å². The maximum atomic E-state index is 12.5. The molecule has 3 rings (SSSR count). The number of aromatic nitrogens is 5. The van der Waals surface area contributed by atoms with Crippen molar-refractivity contribution < 1.29 is 4.79 Å². The van der Waals surface area contributed by atoms with E-state index in [4.69, 9.17) is 11.6 Å². The second-order valence-corrected chi connectivity index (χ2v) is 5.24. The molecule has 0 fully saturated rings. The molecule has 112 valence electrons. The molecule has 2 heterocycles. The van der Waals surface area contributed by atoms with Gasteiger partial charge in [0, 0.05) is 16.4 Å². The summed E-state index contributed by atoms with van der Waals surface area (Å²) in [6, 6.07) is 8.93. The lowest BCUT2D eigenvalue weighted by Gasteiger charge is -2.05. The van der Waals surface area contributed by atoms with E-state index in [1.54, 1.807) is 18.2 Å². The molecule has 7 nitrogen and oxygen atoms in total. The number of hydrogen-bond donors (Lipinski definition) is 2. The topological polar surface area (TPSA) is 88.5 Å². The molecule has 0 bridgehead atoms. The first-order valence-corrected chi connectivity index (χ1v) is 6.94. The first-order chi connectivity index (χ1) is 10.5. The molecule has 0 unspecified atom stereocenters. The highest BCUT2D eigenvalue weighted by atomic mass is 35.5. The Kier molecular flexibility index (Phi) is 3.64. The van der Waals surface area contributed by atoms with Gasteiger partial charge in [-0.2, -0.15) is 15.0 Å². The first kappa shape index (κ1) is 14.3. The molecule has 2 aromatic heterocycles. The Hall–Kier alpha value is -2.67. The predicted octanol–water partition coefficient (Wildman–Crippen LogP) is 2.70. The van der Waals surface area contributed by atoms with Gasteiger partial charge in [0.1, 0.15) is 0 Å². The van der Waals surface area contributed by atoms with Crippen molar-refractivity contribution >= 4 is 29.0 Å². The van der Waals surface area contributed by atoms with E-state index in [0.29, 0.717) is 16.5 Å². The molecule has 0 aliphatic carbocycles. The van der Waals surface area contributed by atoms with Gasteiger partial charge in [-0.1, -0.05) is 17.7 Å². The fourth-order valence-corrected chi connectivity index (χ4v) is 2.30. The summed E-state index contributed by atoms with van der Waals surface area (Å²) < 4.78 is 1.30. The third kappa shape index (κ3) is 2.71. The minimum Gasteiger partial charge on any atom is -0.337 e. The van der Waals surface area contributed by atoms with Crippen LogP contribution in [0.5, 0.6) is 0 Å². The van der Waals surface area contributed by atoms with Crippen molar-refractivity contribution in [2.24, 2.45) is 0 Å². The highest BCUT2D eigenvalue weighted by Crippen LogP contribution is 2.21. The van der Waals surface area contributed by atoms with Gasteiger partial charge in [-0.15, -0.1) is 10.2 Å². The Labute approximate surface area is 131 Å². The Morgan fingerprint density at radius 3 is 2.77 bits per heavy atom. The number of benzene rings is 1. The van der Waals surface area contributed by atoms with E-state index in [-0.39, 0.29) is 11.6 Å². The third-order valence-electron chi connectivity index (χ3n) is 3.04. The third-order valence-corrected chi connectivity index (χ3v) is 3.27. The summed E-state index contributed by atoms with van der Waals surface area (Å²) in [5, 5.41) is 18.1. The number of halogens is 1. The van der Waals surface area contributed by atoms with Crippen LogP contribution in [0.25, 0.3) is 0 Å². The van der Waals surface area contributed by atoms with Crippen LogP contribution in [0.4, 0.5) is 11.5 Å². The summed E-state index contributed by atoms with van der Waals surface area (Å²) >= 11 is 5.94. The van der Waals surface area contributed by atoms with E-state index >= 15 is 0 Å². The molecule has 1 aromatic carbocycles. The van der Waals surface area contributed by atoms with Crippen LogP contribution in [-0.4, -0.2) is 31.1 Å². The van der Waals surface area contributed by atoms with E-state index in [1.165, 1.54) is 4.68 Å². The van der Waals surface area contributed by atoms with Crippen molar-refractivity contribution in [2.45, 2.75) is 13.8 Å². The van der Waals surface area contributed by atoms with Crippen molar-refractivity contribution in [3.05, 3.63) is 52.4 Å².